The monoisotopic (exact) mass is 398 g/mol. The molecule has 0 aliphatic carbocycles. The van der Waals surface area contributed by atoms with Gasteiger partial charge in [0.05, 0.1) is 24.5 Å². The number of amides is 2. The number of thiophene rings is 1. The van der Waals surface area contributed by atoms with Gasteiger partial charge in [0.15, 0.2) is 0 Å². The van der Waals surface area contributed by atoms with Crippen molar-refractivity contribution in [3.8, 4) is 0 Å². The number of hydrogen-bond donors (Lipinski definition) is 1. The number of nitrogens with one attached hydrogen (secondary N) is 1. The fourth-order valence-corrected chi connectivity index (χ4v) is 5.28. The Morgan fingerprint density at radius 2 is 1.93 bits per heavy atom. The van der Waals surface area contributed by atoms with Gasteiger partial charge in [0.1, 0.15) is 5.54 Å². The van der Waals surface area contributed by atoms with E-state index in [0.29, 0.717) is 0 Å². The molecule has 0 spiro atoms. The average molecular weight is 398 g/mol. The minimum absolute atomic E-state index is 0.204. The van der Waals surface area contributed by atoms with Crippen LogP contribution in [0.2, 0.25) is 0 Å². The lowest BCUT2D eigenvalue weighted by Gasteiger charge is -2.32. The number of nitrogens with zero attached hydrogens (tertiary/aromatic N) is 1. The first-order valence-electron chi connectivity index (χ1n) is 9.33. The van der Waals surface area contributed by atoms with Gasteiger partial charge in [-0.05, 0) is 23.9 Å². The Hall–Kier alpha value is -2.51. The van der Waals surface area contributed by atoms with Crippen LogP contribution in [-0.2, 0) is 25.5 Å². The molecule has 0 saturated carbocycles. The molecule has 0 radical (unpaired) electrons. The lowest BCUT2D eigenvalue weighted by Crippen LogP contribution is -2.57. The topological polar surface area (TPSA) is 75.7 Å². The van der Waals surface area contributed by atoms with Gasteiger partial charge in [0.2, 0.25) is 11.8 Å². The molecule has 2 amide bonds. The predicted molar refractivity (Wildman–Crippen MR) is 104 cm³/mol. The quantitative estimate of drug-likeness (QED) is 0.617. The molecule has 146 valence electrons. The number of carbonyl (C=O) groups excluding carboxylic acids is 3. The van der Waals surface area contributed by atoms with E-state index in [1.165, 1.54) is 18.4 Å². The summed E-state index contributed by atoms with van der Waals surface area (Å²) in [6.45, 7) is 1.95. The zero-order valence-corrected chi connectivity index (χ0v) is 16.6. The Labute approximate surface area is 167 Å². The standard InChI is InChI=1S/C21H22N2O4S/c1-3-27-20(26)21(12-13-8-5-4-6-9-13)16-15(18(24)23(2)19(16)25)17(22-21)14-10-7-11-28-14/h4-11,15-17,22H,3,12H2,1-2H3/t15-,16-,17+,21+/m0/s1. The molecular weight excluding hydrogens is 376 g/mol. The van der Waals surface area contributed by atoms with E-state index in [9.17, 15) is 14.4 Å². The molecule has 1 aromatic heterocycles. The highest BCUT2D eigenvalue weighted by Gasteiger charge is 2.68. The molecule has 2 aliphatic rings. The Kier molecular flexibility index (Phi) is 4.81. The third-order valence-electron chi connectivity index (χ3n) is 5.69. The summed E-state index contributed by atoms with van der Waals surface area (Å²) in [5.74, 6) is -2.48. The molecule has 4 rings (SSSR count). The van der Waals surface area contributed by atoms with Gasteiger partial charge >= 0.3 is 5.97 Å². The van der Waals surface area contributed by atoms with Crippen LogP contribution in [0, 0.1) is 11.8 Å². The fourth-order valence-electron chi connectivity index (χ4n) is 4.46. The number of hydrogen-bond acceptors (Lipinski definition) is 6. The normalized spacial score (nSPS) is 29.2. The van der Waals surface area contributed by atoms with Crippen molar-refractivity contribution in [2.45, 2.75) is 24.9 Å². The van der Waals surface area contributed by atoms with Crippen LogP contribution in [0.1, 0.15) is 23.4 Å². The van der Waals surface area contributed by atoms with Crippen LogP contribution < -0.4 is 5.32 Å². The van der Waals surface area contributed by atoms with Crippen LogP contribution in [0.15, 0.2) is 47.8 Å². The molecule has 0 bridgehead atoms. The van der Waals surface area contributed by atoms with E-state index in [4.69, 9.17) is 4.74 Å². The van der Waals surface area contributed by atoms with E-state index in [1.54, 1.807) is 6.92 Å². The Morgan fingerprint density at radius 3 is 2.57 bits per heavy atom. The highest BCUT2D eigenvalue weighted by atomic mass is 32.1. The lowest BCUT2D eigenvalue weighted by atomic mass is 9.76. The zero-order valence-electron chi connectivity index (χ0n) is 15.8. The zero-order chi connectivity index (χ0) is 19.9. The SMILES string of the molecule is CCOC(=O)[C@]1(Cc2ccccc2)N[C@H](c2cccs2)[C@H]2C(=O)N(C)C(=O)[C@H]21. The molecule has 0 unspecified atom stereocenters. The fraction of sp³-hybridized carbons (Fsp3) is 0.381. The first-order chi connectivity index (χ1) is 13.5. The smallest absolute Gasteiger partial charge is 0.327 e. The lowest BCUT2D eigenvalue weighted by molar-refractivity contribution is -0.156. The van der Waals surface area contributed by atoms with Gasteiger partial charge in [-0.25, -0.2) is 0 Å². The first kappa shape index (κ1) is 18.8. The number of likely N-dealkylation sites (tertiary alicyclic amines) is 1. The van der Waals surface area contributed by atoms with Gasteiger partial charge in [0, 0.05) is 18.3 Å². The van der Waals surface area contributed by atoms with Gasteiger partial charge in [-0.1, -0.05) is 36.4 Å². The Morgan fingerprint density at radius 1 is 1.18 bits per heavy atom. The molecular formula is C21H22N2O4S. The maximum Gasteiger partial charge on any atom is 0.327 e. The summed E-state index contributed by atoms with van der Waals surface area (Å²) < 4.78 is 5.41. The van der Waals surface area contributed by atoms with Crippen LogP contribution in [0.4, 0.5) is 0 Å². The van der Waals surface area contributed by atoms with Gasteiger partial charge < -0.3 is 4.74 Å². The molecule has 4 atom stereocenters. The number of ether oxygens (including phenoxy) is 1. The summed E-state index contributed by atoms with van der Waals surface area (Å²) in [5.41, 5.74) is -0.378. The maximum atomic E-state index is 13.2. The highest BCUT2D eigenvalue weighted by molar-refractivity contribution is 7.10. The van der Waals surface area contributed by atoms with Crippen LogP contribution in [0.3, 0.4) is 0 Å². The second kappa shape index (κ2) is 7.14. The van der Waals surface area contributed by atoms with E-state index in [2.05, 4.69) is 5.32 Å². The molecule has 1 N–H and O–H groups in total. The van der Waals surface area contributed by atoms with E-state index in [1.807, 2.05) is 47.8 Å². The third kappa shape index (κ3) is 2.77. The predicted octanol–water partition coefficient (Wildman–Crippen LogP) is 2.17. The molecule has 1 aromatic carbocycles. The van der Waals surface area contributed by atoms with Crippen molar-refractivity contribution in [3.63, 3.8) is 0 Å². The second-order valence-corrected chi connectivity index (χ2v) is 8.21. The Balaban J connectivity index is 1.85. The summed E-state index contributed by atoms with van der Waals surface area (Å²) in [5, 5.41) is 5.32. The number of rotatable bonds is 5. The molecule has 2 fully saturated rings. The summed E-state index contributed by atoms with van der Waals surface area (Å²) in [6.07, 6.45) is 0.280. The maximum absolute atomic E-state index is 13.2. The van der Waals surface area contributed by atoms with Crippen LogP contribution in [-0.4, -0.2) is 41.9 Å². The first-order valence-corrected chi connectivity index (χ1v) is 10.2. The molecule has 7 heteroatoms. The average Bonchev–Trinajstić information content (AvgIpc) is 3.38. The number of carbonyl (C=O) groups is 3. The molecule has 2 aromatic rings. The minimum Gasteiger partial charge on any atom is -0.465 e. The molecule has 3 heterocycles. The Bertz CT molecular complexity index is 898. The van der Waals surface area contributed by atoms with Gasteiger partial charge in [0.25, 0.3) is 0 Å². The van der Waals surface area contributed by atoms with Gasteiger partial charge in [-0.2, -0.15) is 0 Å². The van der Waals surface area contributed by atoms with Crippen molar-refractivity contribution in [1.29, 1.82) is 0 Å². The van der Waals surface area contributed by atoms with Gasteiger partial charge in [-0.3, -0.25) is 24.6 Å². The van der Waals surface area contributed by atoms with Crippen LogP contribution in [0.5, 0.6) is 0 Å². The van der Waals surface area contributed by atoms with Crippen molar-refractivity contribution in [2.24, 2.45) is 11.8 Å². The van der Waals surface area contributed by atoms with Crippen molar-refractivity contribution in [2.75, 3.05) is 13.7 Å². The van der Waals surface area contributed by atoms with E-state index >= 15 is 0 Å². The molecule has 6 nitrogen and oxygen atoms in total. The van der Waals surface area contributed by atoms with Crippen molar-refractivity contribution in [3.05, 3.63) is 58.3 Å². The van der Waals surface area contributed by atoms with Crippen molar-refractivity contribution in [1.82, 2.24) is 10.2 Å². The van der Waals surface area contributed by atoms with E-state index in [-0.39, 0.29) is 24.8 Å². The highest BCUT2D eigenvalue weighted by Crippen LogP contribution is 2.50. The molecule has 2 aliphatic heterocycles. The number of fused-ring (bicyclic) bond motifs is 1. The van der Waals surface area contributed by atoms with E-state index in [0.717, 1.165) is 15.3 Å². The molecule has 2 saturated heterocycles. The second-order valence-electron chi connectivity index (χ2n) is 7.23. The summed E-state index contributed by atoms with van der Waals surface area (Å²) >= 11 is 1.51. The van der Waals surface area contributed by atoms with Crippen molar-refractivity contribution >= 4 is 29.1 Å². The van der Waals surface area contributed by atoms with E-state index < -0.39 is 29.4 Å². The minimum atomic E-state index is -1.28. The van der Waals surface area contributed by atoms with Crippen molar-refractivity contribution < 1.29 is 19.1 Å². The molecule has 28 heavy (non-hydrogen) atoms. The van der Waals surface area contributed by atoms with Crippen LogP contribution in [0.25, 0.3) is 0 Å². The number of imide groups is 1. The van der Waals surface area contributed by atoms with Gasteiger partial charge in [-0.15, -0.1) is 11.3 Å². The number of benzene rings is 1. The summed E-state index contributed by atoms with van der Waals surface area (Å²) in [6, 6.07) is 13.0. The largest absolute Gasteiger partial charge is 0.465 e. The van der Waals surface area contributed by atoms with Crippen LogP contribution >= 0.6 is 11.3 Å². The number of esters is 1. The third-order valence-corrected chi connectivity index (χ3v) is 6.65. The summed E-state index contributed by atoms with van der Waals surface area (Å²) in [7, 11) is 1.49. The summed E-state index contributed by atoms with van der Waals surface area (Å²) in [4.78, 5) is 41.4.